The predicted octanol–water partition coefficient (Wildman–Crippen LogP) is 7.31. The van der Waals surface area contributed by atoms with E-state index in [1.54, 1.807) is 0 Å². The zero-order valence-corrected chi connectivity index (χ0v) is 25.0. The molecule has 0 saturated carbocycles. The SMILES string of the molecule is Cc1ccc(Cn2cc([C@H](CC(=O)NCCN3CCCC3)c3ccc(OCc4ccccc4)cc3)c3ccccc32)cc1. The molecule has 220 valence electrons. The Morgan fingerprint density at radius 1 is 0.837 bits per heavy atom. The van der Waals surface area contributed by atoms with Gasteiger partial charge in [0, 0.05) is 49.1 Å². The molecule has 0 aliphatic carbocycles. The van der Waals surface area contributed by atoms with Gasteiger partial charge in [0.15, 0.2) is 0 Å². The van der Waals surface area contributed by atoms with E-state index in [2.05, 4.69) is 101 Å². The van der Waals surface area contributed by atoms with Crippen LogP contribution in [0.15, 0.2) is 109 Å². The summed E-state index contributed by atoms with van der Waals surface area (Å²) in [7, 11) is 0. The van der Waals surface area contributed by atoms with Crippen LogP contribution in [0.25, 0.3) is 10.9 Å². The van der Waals surface area contributed by atoms with Crippen molar-refractivity contribution in [3.63, 3.8) is 0 Å². The van der Waals surface area contributed by atoms with Crippen molar-refractivity contribution in [3.05, 3.63) is 137 Å². The molecule has 1 atom stereocenters. The maximum atomic E-state index is 13.4. The molecule has 0 bridgehead atoms. The number of carbonyl (C=O) groups excluding carboxylic acids is 1. The van der Waals surface area contributed by atoms with Crippen molar-refractivity contribution >= 4 is 16.8 Å². The number of aromatic nitrogens is 1. The Balaban J connectivity index is 1.26. The molecule has 0 radical (unpaired) electrons. The van der Waals surface area contributed by atoms with Crippen molar-refractivity contribution in [2.24, 2.45) is 0 Å². The van der Waals surface area contributed by atoms with Crippen LogP contribution >= 0.6 is 0 Å². The van der Waals surface area contributed by atoms with Gasteiger partial charge in [0.1, 0.15) is 12.4 Å². The molecule has 1 aromatic heterocycles. The van der Waals surface area contributed by atoms with Gasteiger partial charge >= 0.3 is 0 Å². The molecule has 5 aromatic rings. The summed E-state index contributed by atoms with van der Waals surface area (Å²) < 4.78 is 8.40. The lowest BCUT2D eigenvalue weighted by Gasteiger charge is -2.19. The lowest BCUT2D eigenvalue weighted by molar-refractivity contribution is -0.121. The van der Waals surface area contributed by atoms with Gasteiger partial charge in [-0.15, -0.1) is 0 Å². The maximum Gasteiger partial charge on any atom is 0.220 e. The van der Waals surface area contributed by atoms with Crippen LogP contribution in [0.5, 0.6) is 5.75 Å². The number of hydrogen-bond donors (Lipinski definition) is 1. The van der Waals surface area contributed by atoms with Gasteiger partial charge in [0.05, 0.1) is 0 Å². The highest BCUT2D eigenvalue weighted by Crippen LogP contribution is 2.36. The van der Waals surface area contributed by atoms with E-state index in [9.17, 15) is 4.79 Å². The van der Waals surface area contributed by atoms with Crippen LogP contribution in [0.3, 0.4) is 0 Å². The minimum absolute atomic E-state index is 0.0841. The van der Waals surface area contributed by atoms with E-state index in [4.69, 9.17) is 4.74 Å². The van der Waals surface area contributed by atoms with E-state index < -0.39 is 0 Å². The highest BCUT2D eigenvalue weighted by molar-refractivity contribution is 5.86. The summed E-state index contributed by atoms with van der Waals surface area (Å²) in [6.07, 6.45) is 5.16. The van der Waals surface area contributed by atoms with Crippen molar-refractivity contribution in [2.75, 3.05) is 26.2 Å². The molecule has 5 nitrogen and oxygen atoms in total. The second-order valence-electron chi connectivity index (χ2n) is 11.7. The van der Waals surface area contributed by atoms with Crippen LogP contribution in [0.4, 0.5) is 0 Å². The van der Waals surface area contributed by atoms with Gasteiger partial charge in [0.2, 0.25) is 5.91 Å². The number of hydrogen-bond acceptors (Lipinski definition) is 3. The van der Waals surface area contributed by atoms with E-state index in [1.807, 2.05) is 30.3 Å². The van der Waals surface area contributed by atoms with Crippen molar-refractivity contribution < 1.29 is 9.53 Å². The molecule has 5 heteroatoms. The van der Waals surface area contributed by atoms with Crippen molar-refractivity contribution in [2.45, 2.75) is 45.3 Å². The van der Waals surface area contributed by atoms with Crippen LogP contribution in [-0.4, -0.2) is 41.6 Å². The van der Waals surface area contributed by atoms with Crippen LogP contribution in [0, 0.1) is 6.92 Å². The standard InChI is InChI=1S/C38H41N3O2/c1-29-13-15-30(16-14-29)26-41-27-36(34-11-5-6-12-37(34)41)35(25-38(42)39-21-24-40-22-7-8-23-40)32-17-19-33(20-18-32)43-28-31-9-3-2-4-10-31/h2-6,9-20,27,35H,7-8,21-26,28H2,1H3,(H,39,42)/t35-/m1/s1. The normalized spacial score (nSPS) is 14.2. The quantitative estimate of drug-likeness (QED) is 0.171. The number of fused-ring (bicyclic) bond motifs is 1. The number of nitrogens with one attached hydrogen (secondary N) is 1. The van der Waals surface area contributed by atoms with Crippen molar-refractivity contribution in [1.29, 1.82) is 0 Å². The molecule has 1 N–H and O–H groups in total. The van der Waals surface area contributed by atoms with Gasteiger partial charge in [-0.1, -0.05) is 90.5 Å². The molecule has 43 heavy (non-hydrogen) atoms. The zero-order valence-electron chi connectivity index (χ0n) is 25.0. The molecule has 6 rings (SSSR count). The second kappa shape index (κ2) is 13.7. The summed E-state index contributed by atoms with van der Waals surface area (Å²) in [5.74, 6) is 0.825. The van der Waals surface area contributed by atoms with E-state index in [0.29, 0.717) is 19.6 Å². The average Bonchev–Trinajstić information content (AvgIpc) is 3.69. The monoisotopic (exact) mass is 571 g/mol. The fourth-order valence-corrected chi connectivity index (χ4v) is 6.14. The third kappa shape index (κ3) is 7.36. The molecule has 0 spiro atoms. The van der Waals surface area contributed by atoms with Crippen LogP contribution in [0.2, 0.25) is 0 Å². The highest BCUT2D eigenvalue weighted by atomic mass is 16.5. The topological polar surface area (TPSA) is 46.5 Å². The number of benzene rings is 4. The summed E-state index contributed by atoms with van der Waals surface area (Å²) in [5, 5.41) is 4.41. The van der Waals surface area contributed by atoms with Gasteiger partial charge in [-0.25, -0.2) is 0 Å². The van der Waals surface area contributed by atoms with E-state index >= 15 is 0 Å². The summed E-state index contributed by atoms with van der Waals surface area (Å²) in [5.41, 5.74) is 7.12. The lowest BCUT2D eigenvalue weighted by atomic mass is 9.88. The summed E-state index contributed by atoms with van der Waals surface area (Å²) in [4.78, 5) is 15.8. The Bertz CT molecular complexity index is 1620. The number of amides is 1. The Labute approximate surface area is 255 Å². The van der Waals surface area contributed by atoms with Crippen molar-refractivity contribution in [3.8, 4) is 5.75 Å². The number of rotatable bonds is 12. The first-order chi connectivity index (χ1) is 21.1. The Morgan fingerprint density at radius 3 is 2.33 bits per heavy atom. The first kappa shape index (κ1) is 28.8. The van der Waals surface area contributed by atoms with Crippen LogP contribution in [0.1, 0.15) is 53.0 Å². The molecule has 1 aliphatic heterocycles. The first-order valence-electron chi connectivity index (χ1n) is 15.5. The first-order valence-corrected chi connectivity index (χ1v) is 15.5. The highest BCUT2D eigenvalue weighted by Gasteiger charge is 2.23. The molecule has 0 unspecified atom stereocenters. The average molecular weight is 572 g/mol. The minimum atomic E-state index is -0.0841. The number of nitrogens with zero attached hydrogens (tertiary/aromatic N) is 2. The van der Waals surface area contributed by atoms with Gasteiger partial charge in [-0.2, -0.15) is 0 Å². The number of likely N-dealkylation sites (tertiary alicyclic amines) is 1. The molecule has 1 amide bonds. The van der Waals surface area contributed by atoms with Gasteiger partial charge < -0.3 is 19.5 Å². The zero-order chi connectivity index (χ0) is 29.4. The Kier molecular flexibility index (Phi) is 9.19. The maximum absolute atomic E-state index is 13.4. The molecular formula is C38H41N3O2. The Morgan fingerprint density at radius 2 is 1.56 bits per heavy atom. The third-order valence-corrected chi connectivity index (χ3v) is 8.54. The lowest BCUT2D eigenvalue weighted by Crippen LogP contribution is -2.34. The fourth-order valence-electron chi connectivity index (χ4n) is 6.14. The van der Waals surface area contributed by atoms with Gasteiger partial charge in [0.25, 0.3) is 0 Å². The van der Waals surface area contributed by atoms with Crippen molar-refractivity contribution in [1.82, 2.24) is 14.8 Å². The summed E-state index contributed by atoms with van der Waals surface area (Å²) >= 11 is 0. The van der Waals surface area contributed by atoms with Crippen LogP contribution in [-0.2, 0) is 17.9 Å². The third-order valence-electron chi connectivity index (χ3n) is 8.54. The smallest absolute Gasteiger partial charge is 0.220 e. The van der Waals surface area contributed by atoms with E-state index in [-0.39, 0.29) is 11.8 Å². The molecule has 2 heterocycles. The summed E-state index contributed by atoms with van der Waals surface area (Å²) in [6, 6.07) is 35.8. The molecule has 1 fully saturated rings. The van der Waals surface area contributed by atoms with E-state index in [0.717, 1.165) is 43.1 Å². The van der Waals surface area contributed by atoms with E-state index in [1.165, 1.54) is 40.4 Å². The second-order valence-corrected chi connectivity index (χ2v) is 11.7. The Hall–Kier alpha value is -4.35. The molecule has 4 aromatic carbocycles. The predicted molar refractivity (Wildman–Crippen MR) is 175 cm³/mol. The van der Waals surface area contributed by atoms with Crippen LogP contribution < -0.4 is 10.1 Å². The number of carbonyl (C=O) groups is 1. The molecule has 1 aliphatic rings. The van der Waals surface area contributed by atoms with Gasteiger partial charge in [-0.05, 0) is 73.3 Å². The van der Waals surface area contributed by atoms with Gasteiger partial charge in [-0.3, -0.25) is 4.79 Å². The summed E-state index contributed by atoms with van der Waals surface area (Å²) in [6.45, 7) is 7.30. The largest absolute Gasteiger partial charge is 0.489 e. The fraction of sp³-hybridized carbons (Fsp3) is 0.289. The number of aryl methyl sites for hydroxylation is 1. The minimum Gasteiger partial charge on any atom is -0.489 e. The number of para-hydroxylation sites is 1. The molecule has 1 saturated heterocycles. The molecular weight excluding hydrogens is 530 g/mol. The number of ether oxygens (including phenoxy) is 1.